The van der Waals surface area contributed by atoms with Gasteiger partial charge in [0, 0.05) is 18.9 Å². The van der Waals surface area contributed by atoms with Crippen molar-refractivity contribution in [1.29, 1.82) is 0 Å². The Bertz CT molecular complexity index is 1250. The summed E-state index contributed by atoms with van der Waals surface area (Å²) in [4.78, 5) is 37.7. The fourth-order valence-corrected chi connectivity index (χ4v) is 4.02. The van der Waals surface area contributed by atoms with E-state index in [4.69, 9.17) is 18.9 Å². The van der Waals surface area contributed by atoms with E-state index in [2.05, 4.69) is 4.74 Å². The zero-order chi connectivity index (χ0) is 28.9. The number of phenols is 3. The van der Waals surface area contributed by atoms with E-state index in [-0.39, 0.29) is 28.6 Å². The third-order valence-corrected chi connectivity index (χ3v) is 6.06. The molecule has 0 amide bonds. The fraction of sp³-hybridized carbons (Fsp3) is 0.346. The zero-order valence-electron chi connectivity index (χ0n) is 21.2. The summed E-state index contributed by atoms with van der Waals surface area (Å²) in [7, 11) is 3.53. The number of carbonyl (C=O) groups excluding carboxylic acids is 3. The van der Waals surface area contributed by atoms with Gasteiger partial charge in [0.15, 0.2) is 28.6 Å². The quantitative estimate of drug-likeness (QED) is 0.136. The van der Waals surface area contributed by atoms with Gasteiger partial charge in [0.05, 0.1) is 26.9 Å². The van der Waals surface area contributed by atoms with Gasteiger partial charge in [-0.25, -0.2) is 14.4 Å². The van der Waals surface area contributed by atoms with Crippen molar-refractivity contribution >= 4 is 24.0 Å². The highest BCUT2D eigenvalue weighted by atomic mass is 16.6. The number of aromatic hydroxyl groups is 3. The molecule has 1 aliphatic rings. The van der Waals surface area contributed by atoms with Crippen LogP contribution >= 0.6 is 0 Å². The minimum Gasteiger partial charge on any atom is -0.504 e. The van der Waals surface area contributed by atoms with E-state index in [1.807, 2.05) is 0 Å². The predicted molar refractivity (Wildman–Crippen MR) is 131 cm³/mol. The second-order valence-electron chi connectivity index (χ2n) is 8.65. The molecule has 13 nitrogen and oxygen atoms in total. The van der Waals surface area contributed by atoms with Crippen LogP contribution in [0.25, 0.3) is 6.08 Å². The SMILES string of the molecule is COC(=O)[C@@]1(O)C[C@@H](OC(=O)C=Cc2ccc(O)c(O)c2)[C@H](O)[C@H](OC(=O)c2cc(OC)c(O)c(OC)c2)C1. The van der Waals surface area contributed by atoms with Crippen LogP contribution in [-0.2, 0) is 23.8 Å². The third-order valence-electron chi connectivity index (χ3n) is 6.06. The van der Waals surface area contributed by atoms with E-state index in [0.29, 0.717) is 5.56 Å². The molecule has 4 atom stereocenters. The Morgan fingerprint density at radius 1 is 0.897 bits per heavy atom. The Labute approximate surface area is 222 Å². The summed E-state index contributed by atoms with van der Waals surface area (Å²) in [6.07, 6.45) is -3.61. The lowest BCUT2D eigenvalue weighted by molar-refractivity contribution is -0.198. The molecular formula is C26H28O13. The minimum absolute atomic E-state index is 0.0999. The third kappa shape index (κ3) is 6.51. The summed E-state index contributed by atoms with van der Waals surface area (Å²) in [6.45, 7) is 0. The number of phenolic OH excluding ortho intramolecular Hbond substituents is 3. The standard InChI is InChI=1S/C26H28O13/c1-35-17-9-14(10-18(36-2)22(17)30)24(32)39-20-12-26(34,25(33)37-3)11-19(23(20)31)38-21(29)7-5-13-4-6-15(27)16(28)8-13/h4-10,19-20,23,27-28,30-31,34H,11-12H2,1-3H3/t19-,20-,23+,26-/m1/s1. The first kappa shape index (κ1) is 29.1. The average molecular weight is 548 g/mol. The smallest absolute Gasteiger partial charge is 0.338 e. The Kier molecular flexibility index (Phi) is 8.89. The van der Waals surface area contributed by atoms with E-state index >= 15 is 0 Å². The van der Waals surface area contributed by atoms with Crippen molar-refractivity contribution in [3.05, 3.63) is 47.5 Å². The normalized spacial score (nSPS) is 22.6. The van der Waals surface area contributed by atoms with Gasteiger partial charge in [0.25, 0.3) is 0 Å². The summed E-state index contributed by atoms with van der Waals surface area (Å²) in [5.41, 5.74) is -2.08. The second-order valence-corrected chi connectivity index (χ2v) is 8.65. The first-order valence-electron chi connectivity index (χ1n) is 11.5. The Morgan fingerprint density at radius 3 is 2.03 bits per heavy atom. The molecular weight excluding hydrogens is 520 g/mol. The largest absolute Gasteiger partial charge is 0.504 e. The minimum atomic E-state index is -2.28. The summed E-state index contributed by atoms with van der Waals surface area (Å²) in [5.74, 6) is -4.44. The number of esters is 3. The molecule has 13 heteroatoms. The number of aliphatic hydroxyl groups is 2. The van der Waals surface area contributed by atoms with Crippen molar-refractivity contribution < 1.29 is 63.6 Å². The van der Waals surface area contributed by atoms with Crippen molar-refractivity contribution in [3.63, 3.8) is 0 Å². The van der Waals surface area contributed by atoms with Gasteiger partial charge in [-0.15, -0.1) is 0 Å². The molecule has 210 valence electrons. The van der Waals surface area contributed by atoms with Crippen LogP contribution in [0.15, 0.2) is 36.4 Å². The number of carbonyl (C=O) groups is 3. The van der Waals surface area contributed by atoms with E-state index in [1.54, 1.807) is 0 Å². The van der Waals surface area contributed by atoms with Crippen LogP contribution in [0.5, 0.6) is 28.7 Å². The lowest BCUT2D eigenvalue weighted by atomic mass is 9.79. The summed E-state index contributed by atoms with van der Waals surface area (Å²) < 4.78 is 25.3. The molecule has 0 radical (unpaired) electrons. The molecule has 1 saturated carbocycles. The van der Waals surface area contributed by atoms with Crippen molar-refractivity contribution in [1.82, 2.24) is 0 Å². The number of ether oxygens (including phenoxy) is 5. The molecule has 1 aliphatic carbocycles. The highest BCUT2D eigenvalue weighted by Gasteiger charge is 2.53. The van der Waals surface area contributed by atoms with E-state index in [9.17, 15) is 39.9 Å². The van der Waals surface area contributed by atoms with Crippen LogP contribution in [0.3, 0.4) is 0 Å². The number of aliphatic hydroxyl groups excluding tert-OH is 1. The summed E-state index contributed by atoms with van der Waals surface area (Å²) >= 11 is 0. The second kappa shape index (κ2) is 11.9. The summed E-state index contributed by atoms with van der Waals surface area (Å²) in [6, 6.07) is 6.12. The van der Waals surface area contributed by atoms with Gasteiger partial charge in [0.1, 0.15) is 18.3 Å². The van der Waals surface area contributed by atoms with Crippen LogP contribution in [0, 0.1) is 0 Å². The maximum Gasteiger partial charge on any atom is 0.338 e. The van der Waals surface area contributed by atoms with Crippen LogP contribution in [0.2, 0.25) is 0 Å². The lowest BCUT2D eigenvalue weighted by Gasteiger charge is -2.41. The number of methoxy groups -OCH3 is 3. The molecule has 0 bridgehead atoms. The fourth-order valence-electron chi connectivity index (χ4n) is 4.02. The number of hydrogen-bond acceptors (Lipinski definition) is 13. The van der Waals surface area contributed by atoms with Gasteiger partial charge in [0.2, 0.25) is 5.75 Å². The molecule has 2 aromatic rings. The molecule has 0 aromatic heterocycles. The van der Waals surface area contributed by atoms with Crippen LogP contribution in [0.4, 0.5) is 0 Å². The van der Waals surface area contributed by atoms with Crippen molar-refractivity contribution in [2.24, 2.45) is 0 Å². The van der Waals surface area contributed by atoms with E-state index in [0.717, 1.165) is 25.3 Å². The van der Waals surface area contributed by atoms with Crippen LogP contribution in [0.1, 0.15) is 28.8 Å². The first-order valence-corrected chi connectivity index (χ1v) is 11.5. The molecule has 1 fully saturated rings. The van der Waals surface area contributed by atoms with Gasteiger partial charge in [-0.2, -0.15) is 0 Å². The monoisotopic (exact) mass is 548 g/mol. The molecule has 0 unspecified atom stereocenters. The van der Waals surface area contributed by atoms with Crippen molar-refractivity contribution in [2.45, 2.75) is 36.8 Å². The lowest BCUT2D eigenvalue weighted by Crippen LogP contribution is -2.58. The predicted octanol–water partition coefficient (Wildman–Crippen LogP) is 1.03. The molecule has 39 heavy (non-hydrogen) atoms. The van der Waals surface area contributed by atoms with Crippen molar-refractivity contribution in [2.75, 3.05) is 21.3 Å². The Morgan fingerprint density at radius 2 is 1.49 bits per heavy atom. The average Bonchev–Trinajstić information content (AvgIpc) is 2.91. The van der Waals surface area contributed by atoms with Gasteiger partial charge in [-0.1, -0.05) is 6.07 Å². The van der Waals surface area contributed by atoms with Crippen LogP contribution < -0.4 is 9.47 Å². The number of hydrogen-bond donors (Lipinski definition) is 5. The maximum absolute atomic E-state index is 12.9. The zero-order valence-corrected chi connectivity index (χ0v) is 21.2. The maximum atomic E-state index is 12.9. The molecule has 5 N–H and O–H groups in total. The van der Waals surface area contributed by atoms with Gasteiger partial charge < -0.3 is 49.2 Å². The highest BCUT2D eigenvalue weighted by Crippen LogP contribution is 2.38. The van der Waals surface area contributed by atoms with E-state index in [1.165, 1.54) is 38.5 Å². The molecule has 3 rings (SSSR count). The van der Waals surface area contributed by atoms with Gasteiger partial charge in [-0.3, -0.25) is 0 Å². The molecule has 0 saturated heterocycles. The van der Waals surface area contributed by atoms with Crippen LogP contribution in [-0.4, -0.2) is 88.7 Å². The molecule has 0 heterocycles. The number of rotatable bonds is 8. The van der Waals surface area contributed by atoms with Crippen molar-refractivity contribution in [3.8, 4) is 28.7 Å². The highest BCUT2D eigenvalue weighted by molar-refractivity contribution is 5.91. The summed E-state index contributed by atoms with van der Waals surface area (Å²) in [5, 5.41) is 50.9. The molecule has 2 aromatic carbocycles. The first-order chi connectivity index (χ1) is 18.4. The topological polar surface area (TPSA) is 199 Å². The molecule has 0 spiro atoms. The molecule has 0 aliphatic heterocycles. The number of benzene rings is 2. The van der Waals surface area contributed by atoms with E-state index < -0.39 is 60.4 Å². The van der Waals surface area contributed by atoms with Gasteiger partial charge >= 0.3 is 17.9 Å². The Hall–Kier alpha value is -4.49. The van der Waals surface area contributed by atoms with Gasteiger partial charge in [-0.05, 0) is 35.9 Å². The Balaban J connectivity index is 1.82.